The van der Waals surface area contributed by atoms with Crippen molar-refractivity contribution >= 4 is 34.1 Å². The lowest BCUT2D eigenvalue weighted by molar-refractivity contribution is 0.102. The van der Waals surface area contributed by atoms with E-state index in [4.69, 9.17) is 0 Å². The van der Waals surface area contributed by atoms with E-state index in [1.54, 1.807) is 11.8 Å². The Bertz CT molecular complexity index is 949. The lowest BCUT2D eigenvalue weighted by atomic mass is 9.90. The zero-order valence-electron chi connectivity index (χ0n) is 14.6. The van der Waals surface area contributed by atoms with E-state index >= 15 is 0 Å². The van der Waals surface area contributed by atoms with Gasteiger partial charge < -0.3 is 0 Å². The molecule has 2 aromatic carbocycles. The molecule has 4 rings (SSSR count). The van der Waals surface area contributed by atoms with Crippen molar-refractivity contribution in [3.8, 4) is 11.3 Å². The molecule has 1 aliphatic rings. The molecule has 0 atom stereocenters. The summed E-state index contributed by atoms with van der Waals surface area (Å²) in [5, 5.41) is 5.59. The summed E-state index contributed by atoms with van der Waals surface area (Å²) >= 11 is 3.04. The third-order valence-corrected chi connectivity index (χ3v) is 6.27. The molecule has 3 nitrogen and oxygen atoms in total. The zero-order chi connectivity index (χ0) is 17.9. The molecule has 0 saturated carbocycles. The molecule has 1 aliphatic carbocycles. The van der Waals surface area contributed by atoms with E-state index in [1.165, 1.54) is 41.7 Å². The van der Waals surface area contributed by atoms with Gasteiger partial charge in [0.25, 0.3) is 5.91 Å². The molecule has 1 aromatic heterocycles. The highest BCUT2D eigenvalue weighted by atomic mass is 32.2. The lowest BCUT2D eigenvalue weighted by Gasteiger charge is -2.16. The molecule has 0 spiro atoms. The first-order valence-electron chi connectivity index (χ1n) is 8.76. The number of benzene rings is 2. The number of carbonyl (C=O) groups is 1. The third-order valence-electron chi connectivity index (χ3n) is 4.72. The van der Waals surface area contributed by atoms with Gasteiger partial charge in [-0.1, -0.05) is 24.3 Å². The van der Waals surface area contributed by atoms with Gasteiger partial charge in [-0.2, -0.15) is 0 Å². The van der Waals surface area contributed by atoms with Crippen LogP contribution in [0.1, 0.15) is 34.3 Å². The van der Waals surface area contributed by atoms with Crippen LogP contribution in [0, 0.1) is 0 Å². The molecule has 1 amide bonds. The van der Waals surface area contributed by atoms with Crippen LogP contribution >= 0.6 is 23.1 Å². The number of aromatic nitrogens is 1. The second-order valence-electron chi connectivity index (χ2n) is 6.38. The Morgan fingerprint density at radius 3 is 2.77 bits per heavy atom. The fraction of sp³-hybridized carbons (Fsp3) is 0.238. The van der Waals surface area contributed by atoms with Crippen LogP contribution in [0.25, 0.3) is 11.3 Å². The van der Waals surface area contributed by atoms with Crippen molar-refractivity contribution in [1.82, 2.24) is 4.98 Å². The Morgan fingerprint density at radius 1 is 1.12 bits per heavy atom. The molecule has 1 heterocycles. The number of amides is 1. The maximum Gasteiger partial charge on any atom is 0.258 e. The van der Waals surface area contributed by atoms with Crippen molar-refractivity contribution in [1.29, 1.82) is 0 Å². The van der Waals surface area contributed by atoms with Gasteiger partial charge in [0.15, 0.2) is 5.13 Å². The number of rotatable bonds is 4. The summed E-state index contributed by atoms with van der Waals surface area (Å²) in [4.78, 5) is 18.2. The van der Waals surface area contributed by atoms with Gasteiger partial charge >= 0.3 is 0 Å². The highest BCUT2D eigenvalue weighted by Gasteiger charge is 2.14. The van der Waals surface area contributed by atoms with E-state index in [0.717, 1.165) is 22.6 Å². The fourth-order valence-corrected chi connectivity index (χ4v) is 4.66. The van der Waals surface area contributed by atoms with Crippen molar-refractivity contribution in [2.45, 2.75) is 30.6 Å². The largest absolute Gasteiger partial charge is 0.298 e. The summed E-state index contributed by atoms with van der Waals surface area (Å²) < 4.78 is 0. The van der Waals surface area contributed by atoms with E-state index in [2.05, 4.69) is 28.5 Å². The van der Waals surface area contributed by atoms with E-state index in [1.807, 2.05) is 35.9 Å². The van der Waals surface area contributed by atoms with Crippen LogP contribution in [0.5, 0.6) is 0 Å². The molecule has 132 valence electrons. The Kier molecular flexibility index (Phi) is 5.09. The number of thioether (sulfide) groups is 1. The third kappa shape index (κ3) is 3.55. The Morgan fingerprint density at radius 2 is 1.92 bits per heavy atom. The molecule has 0 saturated heterocycles. The number of carbonyl (C=O) groups excluding carboxylic acids is 1. The van der Waals surface area contributed by atoms with Crippen LogP contribution in [-0.4, -0.2) is 17.1 Å². The van der Waals surface area contributed by atoms with Crippen molar-refractivity contribution in [2.24, 2.45) is 0 Å². The van der Waals surface area contributed by atoms with Gasteiger partial charge in [-0.25, -0.2) is 4.98 Å². The molecule has 5 heteroatoms. The predicted octanol–water partition coefficient (Wildman–Crippen LogP) is 5.66. The van der Waals surface area contributed by atoms with E-state index in [0.29, 0.717) is 10.7 Å². The van der Waals surface area contributed by atoms with Crippen LogP contribution < -0.4 is 5.32 Å². The van der Waals surface area contributed by atoms with Gasteiger partial charge in [0.05, 0.1) is 11.3 Å². The molecular formula is C21H20N2OS2. The normalized spacial score (nSPS) is 13.3. The first-order valence-corrected chi connectivity index (χ1v) is 10.9. The average Bonchev–Trinajstić information content (AvgIpc) is 3.16. The van der Waals surface area contributed by atoms with E-state index in [-0.39, 0.29) is 5.91 Å². The SMILES string of the molecule is CSc1ccccc1C(=O)Nc1nc(-c2ccc3c(c2)CCCC3)cs1. The minimum Gasteiger partial charge on any atom is -0.298 e. The second-order valence-corrected chi connectivity index (χ2v) is 8.09. The maximum atomic E-state index is 12.6. The minimum absolute atomic E-state index is 0.110. The summed E-state index contributed by atoms with van der Waals surface area (Å²) in [7, 11) is 0. The molecule has 0 fully saturated rings. The Balaban J connectivity index is 1.54. The number of hydrogen-bond donors (Lipinski definition) is 1. The minimum atomic E-state index is -0.110. The summed E-state index contributed by atoms with van der Waals surface area (Å²) in [6, 6.07) is 14.3. The first kappa shape index (κ1) is 17.3. The predicted molar refractivity (Wildman–Crippen MR) is 110 cm³/mol. The monoisotopic (exact) mass is 380 g/mol. The van der Waals surface area contributed by atoms with Gasteiger partial charge in [0.2, 0.25) is 0 Å². The molecular weight excluding hydrogens is 360 g/mol. The van der Waals surface area contributed by atoms with Gasteiger partial charge in [-0.3, -0.25) is 10.1 Å². The van der Waals surface area contributed by atoms with E-state index in [9.17, 15) is 4.79 Å². The lowest BCUT2D eigenvalue weighted by Crippen LogP contribution is -2.12. The van der Waals surface area contributed by atoms with Crippen LogP contribution in [0.15, 0.2) is 52.7 Å². The Labute approximate surface area is 161 Å². The number of nitrogens with one attached hydrogen (secondary N) is 1. The molecule has 0 bridgehead atoms. The highest BCUT2D eigenvalue weighted by molar-refractivity contribution is 7.98. The Hall–Kier alpha value is -2.11. The summed E-state index contributed by atoms with van der Waals surface area (Å²) in [6.45, 7) is 0. The molecule has 1 N–H and O–H groups in total. The van der Waals surface area contributed by atoms with Crippen molar-refractivity contribution in [2.75, 3.05) is 11.6 Å². The van der Waals surface area contributed by atoms with Crippen LogP contribution in [0.2, 0.25) is 0 Å². The highest BCUT2D eigenvalue weighted by Crippen LogP contribution is 2.30. The second kappa shape index (κ2) is 7.64. The zero-order valence-corrected chi connectivity index (χ0v) is 16.3. The van der Waals surface area contributed by atoms with Crippen molar-refractivity contribution in [3.63, 3.8) is 0 Å². The molecule has 0 unspecified atom stereocenters. The molecule has 26 heavy (non-hydrogen) atoms. The standard InChI is InChI=1S/C21H20N2OS2/c1-25-19-9-5-4-8-17(19)20(24)23-21-22-18(13-26-21)16-11-10-14-6-2-3-7-15(14)12-16/h4-5,8-13H,2-3,6-7H2,1H3,(H,22,23,24). The van der Waals surface area contributed by atoms with E-state index < -0.39 is 0 Å². The average molecular weight is 381 g/mol. The van der Waals surface area contributed by atoms with Gasteiger partial charge in [0.1, 0.15) is 0 Å². The van der Waals surface area contributed by atoms with Crippen LogP contribution in [-0.2, 0) is 12.8 Å². The molecule has 0 aliphatic heterocycles. The summed E-state index contributed by atoms with van der Waals surface area (Å²) in [5.41, 5.74) is 5.66. The number of hydrogen-bond acceptors (Lipinski definition) is 4. The van der Waals surface area contributed by atoms with Crippen molar-refractivity contribution < 1.29 is 4.79 Å². The number of nitrogens with zero attached hydrogens (tertiary/aromatic N) is 1. The van der Waals surface area contributed by atoms with Crippen molar-refractivity contribution in [3.05, 3.63) is 64.5 Å². The summed E-state index contributed by atoms with van der Waals surface area (Å²) in [5.74, 6) is -0.110. The van der Waals surface area contributed by atoms with Gasteiger partial charge in [0, 0.05) is 15.8 Å². The number of anilines is 1. The molecule has 3 aromatic rings. The number of fused-ring (bicyclic) bond motifs is 1. The fourth-order valence-electron chi connectivity index (χ4n) is 3.35. The van der Waals surface area contributed by atoms with Crippen LogP contribution in [0.4, 0.5) is 5.13 Å². The smallest absolute Gasteiger partial charge is 0.258 e. The van der Waals surface area contributed by atoms with Crippen LogP contribution in [0.3, 0.4) is 0 Å². The first-order chi connectivity index (χ1) is 12.7. The quantitative estimate of drug-likeness (QED) is 0.594. The summed E-state index contributed by atoms with van der Waals surface area (Å²) in [6.07, 6.45) is 6.87. The number of aryl methyl sites for hydroxylation is 2. The topological polar surface area (TPSA) is 42.0 Å². The van der Waals surface area contributed by atoms with Gasteiger partial charge in [-0.05, 0) is 61.3 Å². The number of thiazole rings is 1. The molecule has 0 radical (unpaired) electrons. The van der Waals surface area contributed by atoms with Gasteiger partial charge in [-0.15, -0.1) is 23.1 Å². The maximum absolute atomic E-state index is 12.6.